The smallest absolute Gasteiger partial charge is 0.251 e. The summed E-state index contributed by atoms with van der Waals surface area (Å²) < 4.78 is 0. The van der Waals surface area contributed by atoms with Gasteiger partial charge in [-0.05, 0) is 23.6 Å². The van der Waals surface area contributed by atoms with Crippen molar-refractivity contribution < 1.29 is 14.4 Å². The second-order valence-corrected chi connectivity index (χ2v) is 6.61. The molecule has 0 aliphatic heterocycles. The van der Waals surface area contributed by atoms with Gasteiger partial charge in [0.15, 0.2) is 0 Å². The standard InChI is InChI=1S/C17H25N3O3/c1-12(21)20-14-7-5-6-13(10-14)16(23)19-9-8-18-15(22)11-17(2,3)4/h5-7,10H,8-9,11H2,1-4H3,(H,18,22)(H,19,23)(H,20,21). The fourth-order valence-corrected chi connectivity index (χ4v) is 1.97. The Balaban J connectivity index is 2.40. The van der Waals surface area contributed by atoms with E-state index in [0.717, 1.165) is 0 Å². The maximum atomic E-state index is 12.0. The number of hydrogen-bond donors (Lipinski definition) is 3. The molecule has 0 saturated heterocycles. The predicted molar refractivity (Wildman–Crippen MR) is 90.2 cm³/mol. The van der Waals surface area contributed by atoms with Gasteiger partial charge < -0.3 is 16.0 Å². The molecule has 0 bridgehead atoms. The molecule has 0 heterocycles. The molecule has 3 N–H and O–H groups in total. The van der Waals surface area contributed by atoms with Gasteiger partial charge in [-0.25, -0.2) is 0 Å². The highest BCUT2D eigenvalue weighted by molar-refractivity contribution is 5.96. The van der Waals surface area contributed by atoms with Gasteiger partial charge in [-0.2, -0.15) is 0 Å². The Morgan fingerprint density at radius 1 is 1.04 bits per heavy atom. The molecule has 23 heavy (non-hydrogen) atoms. The lowest BCUT2D eigenvalue weighted by Gasteiger charge is -2.17. The van der Waals surface area contributed by atoms with Crippen LogP contribution in [-0.4, -0.2) is 30.8 Å². The van der Waals surface area contributed by atoms with Gasteiger partial charge in [0.25, 0.3) is 5.91 Å². The molecule has 3 amide bonds. The molecule has 0 radical (unpaired) electrons. The second-order valence-electron chi connectivity index (χ2n) is 6.61. The first kappa shape index (κ1) is 18.7. The number of nitrogens with one attached hydrogen (secondary N) is 3. The average molecular weight is 319 g/mol. The lowest BCUT2D eigenvalue weighted by molar-refractivity contribution is -0.122. The Morgan fingerprint density at radius 3 is 2.30 bits per heavy atom. The fourth-order valence-electron chi connectivity index (χ4n) is 1.97. The molecule has 6 heteroatoms. The first-order valence-corrected chi connectivity index (χ1v) is 7.60. The second kappa shape index (κ2) is 8.31. The summed E-state index contributed by atoms with van der Waals surface area (Å²) in [6.45, 7) is 8.13. The van der Waals surface area contributed by atoms with Crippen molar-refractivity contribution in [1.29, 1.82) is 0 Å². The Labute approximate surface area is 137 Å². The van der Waals surface area contributed by atoms with Crippen LogP contribution in [0.3, 0.4) is 0 Å². The Morgan fingerprint density at radius 2 is 1.70 bits per heavy atom. The van der Waals surface area contributed by atoms with Crippen LogP contribution in [-0.2, 0) is 9.59 Å². The van der Waals surface area contributed by atoms with E-state index in [4.69, 9.17) is 0 Å². The minimum Gasteiger partial charge on any atom is -0.354 e. The molecular weight excluding hydrogens is 294 g/mol. The zero-order valence-electron chi connectivity index (χ0n) is 14.2. The van der Waals surface area contributed by atoms with E-state index >= 15 is 0 Å². The van der Waals surface area contributed by atoms with Crippen LogP contribution in [0, 0.1) is 5.41 Å². The van der Waals surface area contributed by atoms with Crippen LogP contribution in [0.4, 0.5) is 5.69 Å². The normalized spacial score (nSPS) is 10.8. The number of rotatable bonds is 6. The number of carbonyl (C=O) groups is 3. The summed E-state index contributed by atoms with van der Waals surface area (Å²) in [6, 6.07) is 6.68. The molecule has 0 aliphatic carbocycles. The van der Waals surface area contributed by atoms with E-state index < -0.39 is 0 Å². The number of hydrogen-bond acceptors (Lipinski definition) is 3. The minimum atomic E-state index is -0.248. The molecule has 1 rings (SSSR count). The van der Waals surface area contributed by atoms with E-state index in [1.165, 1.54) is 6.92 Å². The van der Waals surface area contributed by atoms with Crippen LogP contribution in [0.15, 0.2) is 24.3 Å². The van der Waals surface area contributed by atoms with Crippen LogP contribution >= 0.6 is 0 Å². The number of amides is 3. The largest absolute Gasteiger partial charge is 0.354 e. The van der Waals surface area contributed by atoms with Crippen LogP contribution in [0.1, 0.15) is 44.5 Å². The summed E-state index contributed by atoms with van der Waals surface area (Å²) in [5.74, 6) is -0.467. The maximum Gasteiger partial charge on any atom is 0.251 e. The van der Waals surface area contributed by atoms with Gasteiger partial charge >= 0.3 is 0 Å². The lowest BCUT2D eigenvalue weighted by atomic mass is 9.92. The molecule has 0 fully saturated rings. The topological polar surface area (TPSA) is 87.3 Å². The summed E-state index contributed by atoms with van der Waals surface area (Å²) in [5, 5.41) is 8.13. The average Bonchev–Trinajstić information content (AvgIpc) is 2.41. The van der Waals surface area contributed by atoms with Crippen molar-refractivity contribution in [2.45, 2.75) is 34.1 Å². The third kappa shape index (κ3) is 7.99. The molecule has 1 aromatic rings. The van der Waals surface area contributed by atoms with Crippen molar-refractivity contribution in [2.24, 2.45) is 5.41 Å². The monoisotopic (exact) mass is 319 g/mol. The summed E-state index contributed by atoms with van der Waals surface area (Å²) in [6.07, 6.45) is 0.444. The van der Waals surface area contributed by atoms with Gasteiger partial charge in [0, 0.05) is 37.7 Å². The molecule has 126 valence electrons. The maximum absolute atomic E-state index is 12.0. The summed E-state index contributed by atoms with van der Waals surface area (Å²) in [5.41, 5.74) is 0.971. The molecule has 6 nitrogen and oxygen atoms in total. The number of carbonyl (C=O) groups excluding carboxylic acids is 3. The predicted octanol–water partition coefficient (Wildman–Crippen LogP) is 1.93. The van der Waals surface area contributed by atoms with Gasteiger partial charge in [0.05, 0.1) is 0 Å². The number of anilines is 1. The first-order chi connectivity index (χ1) is 10.7. The molecule has 0 aromatic heterocycles. The fraction of sp³-hybridized carbons (Fsp3) is 0.471. The van der Waals surface area contributed by atoms with Crippen molar-refractivity contribution in [3.8, 4) is 0 Å². The Hall–Kier alpha value is -2.37. The van der Waals surface area contributed by atoms with Gasteiger partial charge in [-0.1, -0.05) is 26.8 Å². The highest BCUT2D eigenvalue weighted by Crippen LogP contribution is 2.17. The van der Waals surface area contributed by atoms with Crippen molar-refractivity contribution in [3.05, 3.63) is 29.8 Å². The van der Waals surface area contributed by atoms with Crippen molar-refractivity contribution >= 4 is 23.4 Å². The highest BCUT2D eigenvalue weighted by Gasteiger charge is 2.15. The van der Waals surface area contributed by atoms with E-state index in [2.05, 4.69) is 16.0 Å². The van der Waals surface area contributed by atoms with Crippen molar-refractivity contribution in [2.75, 3.05) is 18.4 Å². The first-order valence-electron chi connectivity index (χ1n) is 7.60. The third-order valence-corrected chi connectivity index (χ3v) is 2.87. The molecule has 0 saturated carbocycles. The summed E-state index contributed by atoms with van der Waals surface area (Å²) in [7, 11) is 0. The van der Waals surface area contributed by atoms with E-state index in [1.807, 2.05) is 20.8 Å². The van der Waals surface area contributed by atoms with E-state index in [-0.39, 0.29) is 23.1 Å². The van der Waals surface area contributed by atoms with Gasteiger partial charge in [-0.15, -0.1) is 0 Å². The molecular formula is C17H25N3O3. The van der Waals surface area contributed by atoms with E-state index in [0.29, 0.717) is 30.8 Å². The van der Waals surface area contributed by atoms with Crippen molar-refractivity contribution in [3.63, 3.8) is 0 Å². The van der Waals surface area contributed by atoms with Gasteiger partial charge in [0.2, 0.25) is 11.8 Å². The van der Waals surface area contributed by atoms with Gasteiger partial charge in [-0.3, -0.25) is 14.4 Å². The van der Waals surface area contributed by atoms with E-state index in [1.54, 1.807) is 24.3 Å². The molecule has 1 aromatic carbocycles. The van der Waals surface area contributed by atoms with Gasteiger partial charge in [0.1, 0.15) is 0 Å². The SMILES string of the molecule is CC(=O)Nc1cccc(C(=O)NCCNC(=O)CC(C)(C)C)c1. The molecule has 0 unspecified atom stereocenters. The van der Waals surface area contributed by atoms with Crippen LogP contribution < -0.4 is 16.0 Å². The summed E-state index contributed by atoms with van der Waals surface area (Å²) in [4.78, 5) is 34.7. The molecule has 0 aliphatic rings. The van der Waals surface area contributed by atoms with Crippen LogP contribution in [0.2, 0.25) is 0 Å². The molecule has 0 atom stereocenters. The third-order valence-electron chi connectivity index (χ3n) is 2.87. The van der Waals surface area contributed by atoms with E-state index in [9.17, 15) is 14.4 Å². The summed E-state index contributed by atoms with van der Waals surface area (Å²) >= 11 is 0. The Kier molecular flexibility index (Phi) is 6.75. The lowest BCUT2D eigenvalue weighted by Crippen LogP contribution is -2.35. The zero-order valence-corrected chi connectivity index (χ0v) is 14.2. The molecule has 0 spiro atoms. The highest BCUT2D eigenvalue weighted by atomic mass is 16.2. The zero-order chi connectivity index (χ0) is 17.5. The van der Waals surface area contributed by atoms with Crippen molar-refractivity contribution in [1.82, 2.24) is 10.6 Å². The van der Waals surface area contributed by atoms with Crippen LogP contribution in [0.5, 0.6) is 0 Å². The quantitative estimate of drug-likeness (QED) is 0.700. The minimum absolute atomic E-state index is 0.0283. The Bertz CT molecular complexity index is 577. The van der Waals surface area contributed by atoms with Crippen LogP contribution in [0.25, 0.3) is 0 Å². The number of benzene rings is 1.